The quantitative estimate of drug-likeness (QED) is 0.419. The highest BCUT2D eigenvalue weighted by atomic mass is 16.7. The van der Waals surface area contributed by atoms with Crippen LogP contribution in [0.4, 0.5) is 4.79 Å². The Morgan fingerprint density at radius 3 is 1.59 bits per heavy atom. The summed E-state index contributed by atoms with van der Waals surface area (Å²) in [6.07, 6.45) is 1.93. The number of alkyl carbamates (subject to hydrolysis) is 1. The molecule has 0 aromatic rings. The first-order valence-corrected chi connectivity index (χ1v) is 10.8. The third kappa shape index (κ3) is 14.8. The van der Waals surface area contributed by atoms with Crippen LogP contribution in [0.3, 0.4) is 0 Å². The van der Waals surface area contributed by atoms with Crippen molar-refractivity contribution in [2.45, 2.75) is 144 Å². The van der Waals surface area contributed by atoms with Crippen LogP contribution in [0.1, 0.15) is 116 Å². The van der Waals surface area contributed by atoms with E-state index in [1.54, 1.807) is 0 Å². The van der Waals surface area contributed by atoms with E-state index < -0.39 is 22.5 Å². The molecule has 0 aliphatic rings. The van der Waals surface area contributed by atoms with Gasteiger partial charge in [0.05, 0.1) is 11.2 Å². The average Bonchev–Trinajstić information content (AvgIpc) is 2.26. The highest BCUT2D eigenvalue weighted by Gasteiger charge is 2.36. The van der Waals surface area contributed by atoms with Gasteiger partial charge in [-0.05, 0) is 101 Å². The summed E-state index contributed by atoms with van der Waals surface area (Å²) in [7, 11) is 0. The Labute approximate surface area is 180 Å². The average molecular weight is 416 g/mol. The van der Waals surface area contributed by atoms with E-state index in [1.807, 2.05) is 62.3 Å². The second-order valence-corrected chi connectivity index (χ2v) is 12.9. The molecular formula is C24H49NO4. The maximum Gasteiger partial charge on any atom is 0.408 e. The summed E-state index contributed by atoms with van der Waals surface area (Å²) in [4.78, 5) is 12.5. The van der Waals surface area contributed by atoms with Crippen LogP contribution in [0.5, 0.6) is 0 Å². The largest absolute Gasteiger partial charge is 0.444 e. The summed E-state index contributed by atoms with van der Waals surface area (Å²) in [5.74, 6) is -0.699. The van der Waals surface area contributed by atoms with Crippen LogP contribution in [0, 0.1) is 5.41 Å². The minimum Gasteiger partial charge on any atom is -0.444 e. The Balaban J connectivity index is 4.79. The maximum absolute atomic E-state index is 12.5. The Kier molecular flexibility index (Phi) is 8.88. The van der Waals surface area contributed by atoms with Gasteiger partial charge in [-0.15, -0.1) is 0 Å². The summed E-state index contributed by atoms with van der Waals surface area (Å²) in [6.45, 7) is 28.4. The molecule has 0 rings (SSSR count). The zero-order valence-corrected chi connectivity index (χ0v) is 21.8. The highest BCUT2D eigenvalue weighted by Crippen LogP contribution is 2.32. The zero-order chi connectivity index (χ0) is 23.5. The highest BCUT2D eigenvalue weighted by molar-refractivity contribution is 5.68. The molecular weight excluding hydrogens is 366 g/mol. The number of amides is 1. The van der Waals surface area contributed by atoms with Crippen molar-refractivity contribution in [1.29, 1.82) is 0 Å². The Hall–Kier alpha value is -0.810. The summed E-state index contributed by atoms with van der Waals surface area (Å²) in [5, 5.41) is 3.02. The fourth-order valence-corrected chi connectivity index (χ4v) is 4.02. The van der Waals surface area contributed by atoms with Crippen LogP contribution in [-0.2, 0) is 14.2 Å². The molecule has 0 radical (unpaired) electrons. The summed E-state index contributed by atoms with van der Waals surface area (Å²) in [5.41, 5.74) is -1.53. The van der Waals surface area contributed by atoms with Crippen LogP contribution in [0.25, 0.3) is 0 Å². The van der Waals surface area contributed by atoms with E-state index in [0.717, 1.165) is 19.3 Å². The van der Waals surface area contributed by atoms with Crippen LogP contribution in [0.2, 0.25) is 0 Å². The van der Waals surface area contributed by atoms with Gasteiger partial charge in [0.15, 0.2) is 5.79 Å². The lowest BCUT2D eigenvalue weighted by molar-refractivity contribution is -0.297. The minimum atomic E-state index is -0.699. The van der Waals surface area contributed by atoms with Crippen molar-refractivity contribution in [3.63, 3.8) is 0 Å². The Morgan fingerprint density at radius 1 is 0.690 bits per heavy atom. The molecule has 1 amide bonds. The topological polar surface area (TPSA) is 56.8 Å². The zero-order valence-electron chi connectivity index (χ0n) is 21.8. The van der Waals surface area contributed by atoms with Gasteiger partial charge in [0.1, 0.15) is 5.60 Å². The van der Waals surface area contributed by atoms with E-state index in [9.17, 15) is 4.79 Å². The lowest BCUT2D eigenvalue weighted by Gasteiger charge is -2.41. The number of carbonyl (C=O) groups is 1. The molecule has 0 saturated carbocycles. The number of ether oxygens (including phenoxy) is 3. The molecule has 0 aliphatic carbocycles. The van der Waals surface area contributed by atoms with Crippen molar-refractivity contribution in [2.75, 3.05) is 0 Å². The third-order valence-corrected chi connectivity index (χ3v) is 4.19. The second-order valence-electron chi connectivity index (χ2n) is 12.9. The van der Waals surface area contributed by atoms with Gasteiger partial charge in [-0.3, -0.25) is 0 Å². The molecule has 0 heterocycles. The van der Waals surface area contributed by atoms with Gasteiger partial charge in [-0.1, -0.05) is 20.8 Å². The van der Waals surface area contributed by atoms with Gasteiger partial charge in [-0.2, -0.15) is 0 Å². The van der Waals surface area contributed by atoms with Gasteiger partial charge in [-0.25, -0.2) is 4.79 Å². The smallest absolute Gasteiger partial charge is 0.408 e. The summed E-state index contributed by atoms with van der Waals surface area (Å²) in [6, 6.07) is 0. The SMILES string of the molecule is CC(C)(C)CC(C)(C)OC(=O)NC(C)(C)CCC(C)(C)OC(C)(C)OC(C)(C)C. The molecule has 0 atom stereocenters. The van der Waals surface area contributed by atoms with Crippen molar-refractivity contribution >= 4 is 6.09 Å². The van der Waals surface area contributed by atoms with Crippen molar-refractivity contribution in [1.82, 2.24) is 5.32 Å². The first-order valence-electron chi connectivity index (χ1n) is 10.8. The predicted molar refractivity (Wildman–Crippen MR) is 121 cm³/mol. The molecule has 0 fully saturated rings. The van der Waals surface area contributed by atoms with Gasteiger partial charge >= 0.3 is 6.09 Å². The molecule has 5 nitrogen and oxygen atoms in total. The van der Waals surface area contributed by atoms with Gasteiger partial charge in [0.25, 0.3) is 0 Å². The molecule has 0 unspecified atom stereocenters. The van der Waals surface area contributed by atoms with E-state index in [-0.39, 0.29) is 17.1 Å². The molecule has 1 N–H and O–H groups in total. The third-order valence-electron chi connectivity index (χ3n) is 4.19. The fraction of sp³-hybridized carbons (Fsp3) is 0.958. The van der Waals surface area contributed by atoms with E-state index in [2.05, 4.69) is 39.9 Å². The molecule has 0 aromatic heterocycles. The van der Waals surface area contributed by atoms with Gasteiger partial charge in [0, 0.05) is 5.54 Å². The Morgan fingerprint density at radius 2 is 1.17 bits per heavy atom. The molecule has 0 saturated heterocycles. The van der Waals surface area contributed by atoms with Crippen molar-refractivity contribution in [3.8, 4) is 0 Å². The molecule has 0 aliphatic heterocycles. The van der Waals surface area contributed by atoms with Gasteiger partial charge < -0.3 is 19.5 Å². The van der Waals surface area contributed by atoms with Crippen molar-refractivity contribution < 1.29 is 19.0 Å². The number of hydrogen-bond acceptors (Lipinski definition) is 4. The normalized spacial score (nSPS) is 14.7. The number of rotatable bonds is 9. The minimum absolute atomic E-state index is 0.0859. The van der Waals surface area contributed by atoms with E-state index >= 15 is 0 Å². The number of carbonyl (C=O) groups excluding carboxylic acids is 1. The summed E-state index contributed by atoms with van der Waals surface area (Å²) >= 11 is 0. The lowest BCUT2D eigenvalue weighted by Crippen LogP contribution is -2.48. The van der Waals surface area contributed by atoms with E-state index in [0.29, 0.717) is 0 Å². The first-order chi connectivity index (χ1) is 12.4. The lowest BCUT2D eigenvalue weighted by atomic mass is 9.84. The molecule has 0 spiro atoms. The molecule has 174 valence electrons. The summed E-state index contributed by atoms with van der Waals surface area (Å²) < 4.78 is 18.0. The maximum atomic E-state index is 12.5. The van der Waals surface area contributed by atoms with Gasteiger partial charge in [0.2, 0.25) is 0 Å². The molecule has 0 aromatic carbocycles. The Bertz CT molecular complexity index is 534. The van der Waals surface area contributed by atoms with Crippen molar-refractivity contribution in [3.05, 3.63) is 0 Å². The number of hydrogen-bond donors (Lipinski definition) is 1. The van der Waals surface area contributed by atoms with Crippen LogP contribution >= 0.6 is 0 Å². The van der Waals surface area contributed by atoms with E-state index in [1.165, 1.54) is 0 Å². The molecule has 5 heteroatoms. The fourth-order valence-electron chi connectivity index (χ4n) is 4.02. The monoisotopic (exact) mass is 415 g/mol. The van der Waals surface area contributed by atoms with Crippen LogP contribution in [0.15, 0.2) is 0 Å². The standard InChI is InChI=1S/C24H49NO4/c1-19(2,3)17-23(11,12)27-18(26)25-21(7,8)15-16-22(9,10)29-24(13,14)28-20(4,5)6/h15-17H2,1-14H3,(H,25,26). The predicted octanol–water partition coefficient (Wildman–Crippen LogP) is 6.83. The van der Waals surface area contributed by atoms with Crippen molar-refractivity contribution in [2.24, 2.45) is 5.41 Å². The molecule has 0 bridgehead atoms. The van der Waals surface area contributed by atoms with Crippen LogP contribution in [-0.4, -0.2) is 34.2 Å². The second kappa shape index (κ2) is 9.13. The van der Waals surface area contributed by atoms with Crippen LogP contribution < -0.4 is 5.32 Å². The molecule has 29 heavy (non-hydrogen) atoms. The first kappa shape index (κ1) is 28.2. The van der Waals surface area contributed by atoms with E-state index in [4.69, 9.17) is 14.2 Å². The number of nitrogens with one attached hydrogen (secondary N) is 1.